The highest BCUT2D eigenvalue weighted by atomic mass is 32.2. The Morgan fingerprint density at radius 2 is 1.85 bits per heavy atom. The van der Waals surface area contributed by atoms with E-state index in [0.717, 1.165) is 36.8 Å². The second-order valence-corrected chi connectivity index (χ2v) is 10.8. The van der Waals surface area contributed by atoms with E-state index in [9.17, 15) is 26.4 Å². The lowest BCUT2D eigenvalue weighted by Gasteiger charge is -2.30. The minimum absolute atomic E-state index is 0.0509. The van der Waals surface area contributed by atoms with Gasteiger partial charge < -0.3 is 9.30 Å². The third kappa shape index (κ3) is 7.41. The van der Waals surface area contributed by atoms with Crippen LogP contribution in [0.4, 0.5) is 13.2 Å². The van der Waals surface area contributed by atoms with Crippen LogP contribution in [0.25, 0.3) is 0 Å². The van der Waals surface area contributed by atoms with Crippen molar-refractivity contribution in [3.63, 3.8) is 0 Å². The van der Waals surface area contributed by atoms with Gasteiger partial charge in [0, 0.05) is 18.3 Å². The maximum absolute atomic E-state index is 13.5. The quantitative estimate of drug-likeness (QED) is 0.534. The molecule has 0 bridgehead atoms. The molecule has 1 unspecified atom stereocenters. The Morgan fingerprint density at radius 1 is 1.15 bits per heavy atom. The molecule has 1 aliphatic carbocycles. The normalized spacial score (nSPS) is 19.9. The molecule has 1 N–H and O–H groups in total. The number of hydrogen-bond donors (Lipinski definition) is 1. The van der Waals surface area contributed by atoms with Crippen LogP contribution in [-0.4, -0.2) is 44.4 Å². The van der Waals surface area contributed by atoms with Gasteiger partial charge >= 0.3 is 0 Å². The topological polar surface area (TPSA) is 77.4 Å². The fourth-order valence-electron chi connectivity index (χ4n) is 4.45. The van der Waals surface area contributed by atoms with E-state index in [1.54, 1.807) is 31.3 Å². The van der Waals surface area contributed by atoms with Gasteiger partial charge in [-0.05, 0) is 74.8 Å². The van der Waals surface area contributed by atoms with Crippen LogP contribution in [0.1, 0.15) is 54.3 Å². The number of rotatable bonds is 10. The highest BCUT2D eigenvalue weighted by Crippen LogP contribution is 2.34. The fourth-order valence-corrected chi connectivity index (χ4v) is 5.35. The van der Waals surface area contributed by atoms with Crippen molar-refractivity contribution in [2.45, 2.75) is 64.0 Å². The summed E-state index contributed by atoms with van der Waals surface area (Å²) in [6, 6.07) is 7.63. The van der Waals surface area contributed by atoms with Crippen molar-refractivity contribution < 1.29 is 26.3 Å². The summed E-state index contributed by atoms with van der Waals surface area (Å²) in [5.41, 5.74) is 1.98. The van der Waals surface area contributed by atoms with Gasteiger partial charge in [0.2, 0.25) is 10.0 Å². The van der Waals surface area contributed by atoms with Crippen molar-refractivity contribution in [1.82, 2.24) is 9.29 Å². The largest absolute Gasteiger partial charge is 0.376 e. The zero-order chi connectivity index (χ0) is 24.9. The molecule has 2 aromatic rings. The van der Waals surface area contributed by atoms with E-state index in [4.69, 9.17) is 4.74 Å². The summed E-state index contributed by atoms with van der Waals surface area (Å²) in [6.07, 6.45) is 1.66. The molecule has 6 nitrogen and oxygen atoms in total. The van der Waals surface area contributed by atoms with Crippen molar-refractivity contribution >= 4 is 10.0 Å². The zero-order valence-corrected chi connectivity index (χ0v) is 20.2. The summed E-state index contributed by atoms with van der Waals surface area (Å²) in [6.45, 7) is 3.29. The monoisotopic (exact) mass is 500 g/mol. The smallest absolute Gasteiger partial charge is 0.253 e. The summed E-state index contributed by atoms with van der Waals surface area (Å²) < 4.78 is 72.3. The molecule has 1 heterocycles. The van der Waals surface area contributed by atoms with Crippen molar-refractivity contribution in [2.75, 3.05) is 18.9 Å². The van der Waals surface area contributed by atoms with E-state index in [2.05, 4.69) is 4.72 Å². The van der Waals surface area contributed by atoms with E-state index in [1.165, 1.54) is 10.6 Å². The molecule has 1 aliphatic rings. The highest BCUT2D eigenvalue weighted by molar-refractivity contribution is 7.89. The van der Waals surface area contributed by atoms with Gasteiger partial charge in [0.25, 0.3) is 12.0 Å². The molecular weight excluding hydrogens is 469 g/mol. The maximum atomic E-state index is 13.5. The maximum Gasteiger partial charge on any atom is 0.253 e. The SMILES string of the molecule is Cc1cc(C)c(=O)n(C(CNS(=O)(=O)CC(F)F)CO[C@H]2CC[C@@H](c3cccc(F)c3)CC2)c1. The van der Waals surface area contributed by atoms with Crippen LogP contribution in [0, 0.1) is 19.7 Å². The molecule has 0 aliphatic heterocycles. The molecule has 0 radical (unpaired) electrons. The Hall–Kier alpha value is -2.17. The number of aromatic nitrogens is 1. The van der Waals surface area contributed by atoms with E-state index in [1.807, 2.05) is 13.0 Å². The third-order valence-corrected chi connectivity index (χ3v) is 7.45. The number of pyridine rings is 1. The average Bonchev–Trinajstić information content (AvgIpc) is 2.76. The molecule has 34 heavy (non-hydrogen) atoms. The standard InChI is InChI=1S/C24H31F3N2O4S/c1-16-10-17(2)24(30)29(13-16)21(12-28-34(31,32)15-23(26)27)14-33-22-8-6-18(7-9-22)19-4-3-5-20(25)11-19/h3-5,10-11,13,18,21-23,28H,6-9,12,14-15H2,1-2H3/t18-,21?,22+. The van der Waals surface area contributed by atoms with Crippen LogP contribution in [0.5, 0.6) is 0 Å². The van der Waals surface area contributed by atoms with Gasteiger partial charge in [0.1, 0.15) is 11.6 Å². The van der Waals surface area contributed by atoms with Crippen LogP contribution in [-0.2, 0) is 14.8 Å². The number of halogens is 3. The van der Waals surface area contributed by atoms with Gasteiger partial charge in [-0.15, -0.1) is 0 Å². The molecular formula is C24H31F3N2O4S. The molecule has 188 valence electrons. The number of nitrogens with zero attached hydrogens (tertiary/aromatic N) is 1. The Morgan fingerprint density at radius 3 is 2.50 bits per heavy atom. The van der Waals surface area contributed by atoms with E-state index < -0.39 is 28.2 Å². The summed E-state index contributed by atoms with van der Waals surface area (Å²) in [5.74, 6) is -1.31. The lowest BCUT2D eigenvalue weighted by molar-refractivity contribution is 0.00730. The van der Waals surface area contributed by atoms with Crippen molar-refractivity contribution in [1.29, 1.82) is 0 Å². The summed E-state index contributed by atoms with van der Waals surface area (Å²) in [5, 5.41) is 0. The van der Waals surface area contributed by atoms with Crippen molar-refractivity contribution in [3.05, 3.63) is 69.4 Å². The van der Waals surface area contributed by atoms with Crippen LogP contribution in [0.2, 0.25) is 0 Å². The number of nitrogens with one attached hydrogen (secondary N) is 1. The molecule has 10 heteroatoms. The molecule has 1 aromatic carbocycles. The first-order chi connectivity index (χ1) is 16.0. The van der Waals surface area contributed by atoms with E-state index in [0.29, 0.717) is 5.56 Å². The minimum atomic E-state index is -4.20. The number of alkyl halides is 2. The lowest BCUT2D eigenvalue weighted by Crippen LogP contribution is -2.40. The van der Waals surface area contributed by atoms with Gasteiger partial charge in [-0.2, -0.15) is 0 Å². The van der Waals surface area contributed by atoms with Crippen LogP contribution >= 0.6 is 0 Å². The predicted molar refractivity (Wildman–Crippen MR) is 124 cm³/mol. The minimum Gasteiger partial charge on any atom is -0.376 e. The third-order valence-electron chi connectivity index (χ3n) is 6.16. The first-order valence-electron chi connectivity index (χ1n) is 11.4. The summed E-state index contributed by atoms with van der Waals surface area (Å²) in [7, 11) is -4.20. The van der Waals surface area contributed by atoms with E-state index in [-0.39, 0.29) is 36.5 Å². The van der Waals surface area contributed by atoms with Crippen LogP contribution < -0.4 is 10.3 Å². The van der Waals surface area contributed by atoms with Gasteiger partial charge in [-0.3, -0.25) is 4.79 Å². The number of benzene rings is 1. The Kier molecular flexibility index (Phi) is 8.95. The number of sulfonamides is 1. The number of aryl methyl sites for hydroxylation is 2. The molecule has 0 spiro atoms. The van der Waals surface area contributed by atoms with Crippen LogP contribution in [0.15, 0.2) is 41.3 Å². The fraction of sp³-hybridized carbons (Fsp3) is 0.542. The second-order valence-electron chi connectivity index (χ2n) is 8.95. The van der Waals surface area contributed by atoms with Crippen molar-refractivity contribution in [3.8, 4) is 0 Å². The molecule has 0 saturated heterocycles. The van der Waals surface area contributed by atoms with Gasteiger partial charge in [0.05, 0.1) is 18.8 Å². The second kappa shape index (κ2) is 11.5. The zero-order valence-electron chi connectivity index (χ0n) is 19.3. The molecule has 1 atom stereocenters. The first kappa shape index (κ1) is 26.4. The predicted octanol–water partition coefficient (Wildman–Crippen LogP) is 4.07. The molecule has 3 rings (SSSR count). The average molecular weight is 501 g/mol. The van der Waals surface area contributed by atoms with Gasteiger partial charge in [0.15, 0.2) is 0 Å². The van der Waals surface area contributed by atoms with Gasteiger partial charge in [-0.1, -0.05) is 12.1 Å². The number of ether oxygens (including phenoxy) is 1. The lowest BCUT2D eigenvalue weighted by atomic mass is 9.83. The Bertz CT molecular complexity index is 1130. The Balaban J connectivity index is 1.67. The molecule has 0 amide bonds. The molecule has 1 saturated carbocycles. The summed E-state index contributed by atoms with van der Waals surface area (Å²) >= 11 is 0. The van der Waals surface area contributed by atoms with Gasteiger partial charge in [-0.25, -0.2) is 26.3 Å². The highest BCUT2D eigenvalue weighted by Gasteiger charge is 2.26. The molecule has 1 aromatic heterocycles. The van der Waals surface area contributed by atoms with Crippen LogP contribution in [0.3, 0.4) is 0 Å². The van der Waals surface area contributed by atoms with Crippen molar-refractivity contribution in [2.24, 2.45) is 0 Å². The number of hydrogen-bond acceptors (Lipinski definition) is 4. The Labute approximate surface area is 198 Å². The molecule has 1 fully saturated rings. The summed E-state index contributed by atoms with van der Waals surface area (Å²) in [4.78, 5) is 12.7. The van der Waals surface area contributed by atoms with E-state index >= 15 is 0 Å². The first-order valence-corrected chi connectivity index (χ1v) is 13.0.